The van der Waals surface area contributed by atoms with Crippen LogP contribution >= 0.6 is 0 Å². The molecule has 0 rings (SSSR count). The summed E-state index contributed by atoms with van der Waals surface area (Å²) in [5.74, 6) is -3.09. The van der Waals surface area contributed by atoms with Crippen LogP contribution in [0.1, 0.15) is 92.9 Å². The molecular formula is C24H48O6Sn2. The zero-order valence-corrected chi connectivity index (χ0v) is 27.2. The molecule has 0 saturated heterocycles. The summed E-state index contributed by atoms with van der Waals surface area (Å²) in [6.07, 6.45) is 11.7. The molecule has 0 radical (unpaired) electrons. The summed E-state index contributed by atoms with van der Waals surface area (Å²) in [7, 11) is 0. The fraction of sp³-hybridized carbons (Fsp3) is 0.833. The Kier molecular flexibility index (Phi) is 35.8. The largest absolute Gasteiger partial charge is 0.545 e. The molecule has 0 aromatic carbocycles. The number of carboxylic acids is 2. The maximum absolute atomic E-state index is 9.41. The fourth-order valence-electron chi connectivity index (χ4n) is 2.58. The first-order valence-electron chi connectivity index (χ1n) is 12.4. The quantitative estimate of drug-likeness (QED) is 0.160. The molecule has 8 heteroatoms. The van der Waals surface area contributed by atoms with Crippen LogP contribution in [0.25, 0.3) is 0 Å². The van der Waals surface area contributed by atoms with Gasteiger partial charge in [0.25, 0.3) is 0 Å². The second-order valence-electron chi connectivity index (χ2n) is 7.33. The van der Waals surface area contributed by atoms with E-state index in [2.05, 4.69) is 41.5 Å². The molecule has 0 aliphatic carbocycles. The third-order valence-electron chi connectivity index (χ3n) is 4.29. The van der Waals surface area contributed by atoms with Gasteiger partial charge in [0.15, 0.2) is 0 Å². The van der Waals surface area contributed by atoms with Gasteiger partial charge < -0.3 is 19.8 Å². The van der Waals surface area contributed by atoms with Crippen molar-refractivity contribution < 1.29 is 26.0 Å². The minimum absolute atomic E-state index is 0.384. The third-order valence-corrected chi connectivity index (χ3v) is 18.7. The van der Waals surface area contributed by atoms with Crippen LogP contribution in [0.4, 0.5) is 0 Å². The van der Waals surface area contributed by atoms with Crippen LogP contribution in [-0.2, 0) is 15.7 Å². The van der Waals surface area contributed by atoms with Gasteiger partial charge in [-0.15, -0.1) is 0 Å². The Morgan fingerprint density at radius 1 is 0.594 bits per heavy atom. The van der Waals surface area contributed by atoms with Crippen molar-refractivity contribution in [3.63, 3.8) is 0 Å². The molecule has 0 spiro atoms. The van der Waals surface area contributed by atoms with Crippen molar-refractivity contribution in [3.05, 3.63) is 12.2 Å². The van der Waals surface area contributed by atoms with Crippen LogP contribution < -0.4 is 10.2 Å². The summed E-state index contributed by atoms with van der Waals surface area (Å²) in [5, 5.41) is 18.8. The Balaban J connectivity index is -0.000000404. The number of rotatable bonds is 18. The van der Waals surface area contributed by atoms with Crippen LogP contribution in [0.15, 0.2) is 12.2 Å². The monoisotopic (exact) mass is 672 g/mol. The van der Waals surface area contributed by atoms with E-state index < -0.39 is 52.3 Å². The third kappa shape index (κ3) is 34.8. The average molecular weight is 670 g/mol. The second-order valence-corrected chi connectivity index (χ2v) is 20.8. The van der Waals surface area contributed by atoms with Crippen LogP contribution in [0.5, 0.6) is 0 Å². The Morgan fingerprint density at radius 3 is 1.00 bits per heavy atom. The molecule has 0 atom stereocenters. The fourth-order valence-corrected chi connectivity index (χ4v) is 16.5. The first-order chi connectivity index (χ1) is 15.3. The molecule has 32 heavy (non-hydrogen) atoms. The van der Waals surface area contributed by atoms with Crippen molar-refractivity contribution in [1.29, 1.82) is 0 Å². The van der Waals surface area contributed by atoms with E-state index in [1.165, 1.54) is 69.1 Å². The summed E-state index contributed by atoms with van der Waals surface area (Å²) in [5.41, 5.74) is 0. The van der Waals surface area contributed by atoms with Gasteiger partial charge in [-0.3, -0.25) is 0 Å². The van der Waals surface area contributed by atoms with E-state index in [1.807, 2.05) is 0 Å². The van der Waals surface area contributed by atoms with Gasteiger partial charge in [-0.05, 0) is 12.2 Å². The first kappa shape index (κ1) is 36.8. The minimum Gasteiger partial charge on any atom is -0.545 e. The average Bonchev–Trinajstić information content (AvgIpc) is 2.77. The van der Waals surface area contributed by atoms with Gasteiger partial charge in [0.2, 0.25) is 0 Å². The molecule has 0 heterocycles. The van der Waals surface area contributed by atoms with Gasteiger partial charge in [-0.1, -0.05) is 0 Å². The maximum Gasteiger partial charge on any atom is 0.0643 e. The normalized spacial score (nSPS) is 10.1. The molecular weight excluding hydrogens is 622 g/mol. The molecule has 0 bridgehead atoms. The predicted octanol–water partition coefficient (Wildman–Crippen LogP) is 4.27. The Morgan fingerprint density at radius 2 is 0.844 bits per heavy atom. The number of hydrogen-bond acceptors (Lipinski definition) is 6. The van der Waals surface area contributed by atoms with Crippen molar-refractivity contribution in [1.82, 2.24) is 0 Å². The number of hydrogen-bond donors (Lipinski definition) is 0. The summed E-state index contributed by atoms with van der Waals surface area (Å²) in [4.78, 5) is 18.8. The maximum atomic E-state index is 9.41. The topological polar surface area (TPSA) is 98.7 Å². The second kappa shape index (κ2) is 31.2. The number of carboxylic acid groups (broad SMARTS) is 2. The van der Waals surface area contributed by atoms with Crippen LogP contribution in [0, 0.1) is 0 Å². The molecule has 0 amide bonds. The number of carbonyl (C=O) groups is 2. The number of aliphatic carboxylic acids is 2. The van der Waals surface area contributed by atoms with E-state index in [1.54, 1.807) is 0 Å². The zero-order valence-electron chi connectivity index (χ0n) is 21.5. The molecule has 0 N–H and O–H groups in total. The van der Waals surface area contributed by atoms with Crippen molar-refractivity contribution in [3.8, 4) is 0 Å². The number of unbranched alkanes of at least 4 members (excludes halogenated alkanes) is 4. The van der Waals surface area contributed by atoms with Crippen molar-refractivity contribution in [2.75, 3.05) is 13.2 Å². The van der Waals surface area contributed by atoms with Gasteiger partial charge in [-0.2, -0.15) is 0 Å². The van der Waals surface area contributed by atoms with Crippen LogP contribution in [-0.4, -0.2) is 65.5 Å². The SMILES string of the molecule is CCC[CH2][Sn+]([CH2]CCC)[O]CC.CCC[CH2][Sn+]([CH2]CCC)[O]CC.O=C([O-])C=CC(=O)[O-]. The molecule has 6 nitrogen and oxygen atoms in total. The van der Waals surface area contributed by atoms with Gasteiger partial charge in [-0.25, -0.2) is 0 Å². The molecule has 0 aliphatic rings. The molecule has 0 aromatic rings. The van der Waals surface area contributed by atoms with Gasteiger partial charge in [0.1, 0.15) is 0 Å². The summed E-state index contributed by atoms with van der Waals surface area (Å²) < 4.78 is 17.5. The van der Waals surface area contributed by atoms with Gasteiger partial charge in [0.05, 0.1) is 11.9 Å². The Labute approximate surface area is 213 Å². The van der Waals surface area contributed by atoms with E-state index in [9.17, 15) is 19.8 Å². The van der Waals surface area contributed by atoms with Crippen molar-refractivity contribution >= 4 is 52.3 Å². The predicted molar refractivity (Wildman–Crippen MR) is 133 cm³/mol. The molecule has 0 fully saturated rings. The molecule has 0 saturated carbocycles. The van der Waals surface area contributed by atoms with Gasteiger partial charge >= 0.3 is 170 Å². The number of carbonyl (C=O) groups excluding carboxylic acids is 2. The smallest absolute Gasteiger partial charge is 0.0643 e. The van der Waals surface area contributed by atoms with Crippen LogP contribution in [0.3, 0.4) is 0 Å². The van der Waals surface area contributed by atoms with E-state index in [4.69, 9.17) is 6.15 Å². The van der Waals surface area contributed by atoms with E-state index in [0.29, 0.717) is 12.2 Å². The van der Waals surface area contributed by atoms with E-state index in [0.717, 1.165) is 13.2 Å². The minimum atomic E-state index is -1.55. The van der Waals surface area contributed by atoms with E-state index in [-0.39, 0.29) is 0 Å². The Hall–Kier alpha value is 0.197. The summed E-state index contributed by atoms with van der Waals surface area (Å²) >= 11 is -2.62. The van der Waals surface area contributed by atoms with Crippen molar-refractivity contribution in [2.24, 2.45) is 0 Å². The van der Waals surface area contributed by atoms with Crippen LogP contribution in [0.2, 0.25) is 17.7 Å². The molecule has 188 valence electrons. The van der Waals surface area contributed by atoms with E-state index >= 15 is 0 Å². The summed E-state index contributed by atoms with van der Waals surface area (Å²) in [6.45, 7) is 15.3. The standard InChI is InChI=1S/C4H4O4.4C4H9.2C2H5O.2Sn/c5-3(6)1-2-4(7)8;4*1-3-4-2;2*1-2-3;;/h1-2H,(H,5,6)(H,7,8);4*1,3-4H2,2H3;2*2H2,1H3;;/q;;;;;2*-1;2*+2/p-2. The molecule has 0 aromatic heterocycles. The Bertz CT molecular complexity index is 379. The zero-order chi connectivity index (χ0) is 25.0. The molecule has 0 unspecified atom stereocenters. The molecule has 0 aliphatic heterocycles. The van der Waals surface area contributed by atoms with Crippen molar-refractivity contribution in [2.45, 2.75) is 111 Å². The first-order valence-corrected chi connectivity index (χ1v) is 22.8. The summed E-state index contributed by atoms with van der Waals surface area (Å²) in [6, 6.07) is 0. The van der Waals surface area contributed by atoms with Gasteiger partial charge in [0, 0.05) is 0 Å².